The molecule has 0 N–H and O–H groups in total. The summed E-state index contributed by atoms with van der Waals surface area (Å²) < 4.78 is 11.8. The van der Waals surface area contributed by atoms with E-state index in [1.807, 2.05) is 13.8 Å². The topological polar surface area (TPSA) is 76.2 Å². The van der Waals surface area contributed by atoms with Crippen LogP contribution in [0, 0.1) is 0 Å². The third-order valence-corrected chi connectivity index (χ3v) is 5.66. The number of piperidine rings is 1. The molecule has 3 rings (SSSR count). The molecule has 0 unspecified atom stereocenters. The largest absolute Gasteiger partial charge is 0.486 e. The fourth-order valence-corrected chi connectivity index (χ4v) is 3.88. The first-order valence-electron chi connectivity index (χ1n) is 9.90. The van der Waals surface area contributed by atoms with Gasteiger partial charge in [-0.3, -0.25) is 14.4 Å². The lowest BCUT2D eigenvalue weighted by atomic mass is 9.82. The van der Waals surface area contributed by atoms with Crippen LogP contribution >= 0.6 is 0 Å². The zero-order chi connectivity index (χ0) is 20.3. The van der Waals surface area contributed by atoms with Gasteiger partial charge in [-0.2, -0.15) is 0 Å². The van der Waals surface area contributed by atoms with E-state index in [1.54, 1.807) is 34.9 Å². The number of nitrogens with zero attached hydrogens (tertiary/aromatic N) is 2. The maximum atomic E-state index is 12.8. The molecule has 0 saturated carbocycles. The Bertz CT molecular complexity index is 764. The second-order valence-electron chi connectivity index (χ2n) is 7.40. The van der Waals surface area contributed by atoms with Crippen molar-refractivity contribution < 1.29 is 23.9 Å². The molecule has 0 aromatic heterocycles. The van der Waals surface area contributed by atoms with Crippen LogP contribution in [0.5, 0.6) is 11.5 Å². The molecule has 0 bridgehead atoms. The number of benzene rings is 1. The number of carbonyl (C=O) groups is 3. The molecular weight excluding hydrogens is 360 g/mol. The highest BCUT2D eigenvalue weighted by molar-refractivity contribution is 6.00. The van der Waals surface area contributed by atoms with Crippen molar-refractivity contribution >= 4 is 17.6 Å². The quantitative estimate of drug-likeness (QED) is 0.774. The van der Waals surface area contributed by atoms with Crippen LogP contribution in [0.3, 0.4) is 0 Å². The Kier molecular flexibility index (Phi) is 5.91. The van der Waals surface area contributed by atoms with Gasteiger partial charge in [-0.15, -0.1) is 0 Å². The number of fused-ring (bicyclic) bond motifs is 1. The first-order chi connectivity index (χ1) is 13.4. The van der Waals surface area contributed by atoms with Crippen molar-refractivity contribution in [2.45, 2.75) is 45.6 Å². The number of likely N-dealkylation sites (tertiary alicyclic amines) is 1. The van der Waals surface area contributed by atoms with Crippen molar-refractivity contribution in [3.8, 4) is 11.5 Å². The van der Waals surface area contributed by atoms with Crippen LogP contribution in [-0.4, -0.2) is 65.8 Å². The SMILES string of the molecule is CCN(CC)C(=O)COc1ccc2c(c1)C(=O)CC1(CCN(C(C)=O)CC1)O2. The van der Waals surface area contributed by atoms with Crippen molar-refractivity contribution in [2.75, 3.05) is 32.8 Å². The van der Waals surface area contributed by atoms with Gasteiger partial charge in [-0.1, -0.05) is 0 Å². The summed E-state index contributed by atoms with van der Waals surface area (Å²) in [5.41, 5.74) is -0.0377. The van der Waals surface area contributed by atoms with Crippen LogP contribution in [-0.2, 0) is 9.59 Å². The van der Waals surface area contributed by atoms with Gasteiger partial charge in [0.1, 0.15) is 17.1 Å². The molecule has 28 heavy (non-hydrogen) atoms. The summed E-state index contributed by atoms with van der Waals surface area (Å²) in [5, 5.41) is 0. The van der Waals surface area contributed by atoms with Crippen molar-refractivity contribution in [1.82, 2.24) is 9.80 Å². The van der Waals surface area contributed by atoms with E-state index in [9.17, 15) is 14.4 Å². The van der Waals surface area contributed by atoms with Crippen molar-refractivity contribution in [1.29, 1.82) is 0 Å². The van der Waals surface area contributed by atoms with Crippen molar-refractivity contribution in [3.05, 3.63) is 23.8 Å². The van der Waals surface area contributed by atoms with E-state index in [0.29, 0.717) is 62.5 Å². The standard InChI is InChI=1S/C21H28N2O5/c1-4-22(5-2)20(26)14-27-16-6-7-19-17(12-16)18(25)13-21(28-19)8-10-23(11-9-21)15(3)24/h6-7,12H,4-5,8-11,13-14H2,1-3H3. The number of Topliss-reactive ketones (excluding diaryl/α,β-unsaturated/α-hetero) is 1. The summed E-state index contributed by atoms with van der Waals surface area (Å²) in [4.78, 5) is 39.9. The second-order valence-corrected chi connectivity index (χ2v) is 7.40. The van der Waals surface area contributed by atoms with E-state index in [1.165, 1.54) is 0 Å². The minimum absolute atomic E-state index is 0.0121. The Balaban J connectivity index is 1.67. The average molecular weight is 388 g/mol. The van der Waals surface area contributed by atoms with Gasteiger partial charge in [0.15, 0.2) is 12.4 Å². The van der Waals surface area contributed by atoms with Crippen LogP contribution < -0.4 is 9.47 Å². The van der Waals surface area contributed by atoms with Crippen LogP contribution in [0.4, 0.5) is 0 Å². The summed E-state index contributed by atoms with van der Waals surface area (Å²) in [6.45, 7) is 7.84. The van der Waals surface area contributed by atoms with Crippen molar-refractivity contribution in [3.63, 3.8) is 0 Å². The summed E-state index contributed by atoms with van der Waals surface area (Å²) in [5.74, 6) is 1.02. The Labute approximate surface area is 165 Å². The Morgan fingerprint density at radius 1 is 1.21 bits per heavy atom. The normalized spacial score (nSPS) is 17.7. The fraction of sp³-hybridized carbons (Fsp3) is 0.571. The summed E-state index contributed by atoms with van der Waals surface area (Å²) >= 11 is 0. The third kappa shape index (κ3) is 4.13. The molecule has 1 fully saturated rings. The zero-order valence-electron chi connectivity index (χ0n) is 16.8. The van der Waals surface area contributed by atoms with E-state index < -0.39 is 5.60 Å². The predicted molar refractivity (Wildman–Crippen MR) is 104 cm³/mol. The lowest BCUT2D eigenvalue weighted by Crippen LogP contribution is -2.51. The maximum Gasteiger partial charge on any atom is 0.260 e. The molecule has 1 aromatic rings. The summed E-state index contributed by atoms with van der Waals surface area (Å²) in [7, 11) is 0. The molecule has 1 aromatic carbocycles. The molecule has 2 amide bonds. The van der Waals surface area contributed by atoms with E-state index in [2.05, 4.69) is 0 Å². The zero-order valence-corrected chi connectivity index (χ0v) is 16.8. The Hall–Kier alpha value is -2.57. The Morgan fingerprint density at radius 3 is 2.50 bits per heavy atom. The number of hydrogen-bond donors (Lipinski definition) is 0. The highest BCUT2D eigenvalue weighted by atomic mass is 16.5. The maximum absolute atomic E-state index is 12.8. The first-order valence-corrected chi connectivity index (χ1v) is 9.90. The molecule has 7 heteroatoms. The van der Waals surface area contributed by atoms with E-state index in [4.69, 9.17) is 9.47 Å². The highest BCUT2D eigenvalue weighted by Crippen LogP contribution is 2.40. The van der Waals surface area contributed by atoms with Crippen LogP contribution in [0.25, 0.3) is 0 Å². The molecular formula is C21H28N2O5. The predicted octanol–water partition coefficient (Wildman–Crippen LogP) is 2.28. The van der Waals surface area contributed by atoms with Gasteiger partial charge in [0, 0.05) is 45.9 Å². The lowest BCUT2D eigenvalue weighted by Gasteiger charge is -2.43. The molecule has 2 aliphatic heterocycles. The van der Waals surface area contributed by atoms with Gasteiger partial charge >= 0.3 is 0 Å². The number of hydrogen-bond acceptors (Lipinski definition) is 5. The Morgan fingerprint density at radius 2 is 1.89 bits per heavy atom. The third-order valence-electron chi connectivity index (χ3n) is 5.66. The van der Waals surface area contributed by atoms with Gasteiger partial charge in [-0.05, 0) is 32.0 Å². The minimum Gasteiger partial charge on any atom is -0.486 e. The van der Waals surface area contributed by atoms with E-state index in [-0.39, 0.29) is 24.2 Å². The van der Waals surface area contributed by atoms with Gasteiger partial charge in [-0.25, -0.2) is 0 Å². The van der Waals surface area contributed by atoms with Gasteiger partial charge in [0.2, 0.25) is 5.91 Å². The number of carbonyl (C=O) groups excluding carboxylic acids is 3. The number of rotatable bonds is 5. The van der Waals surface area contributed by atoms with E-state index in [0.717, 1.165) is 0 Å². The second kappa shape index (κ2) is 8.20. The molecule has 0 atom stereocenters. The molecule has 2 aliphatic rings. The fourth-order valence-electron chi connectivity index (χ4n) is 3.88. The monoisotopic (exact) mass is 388 g/mol. The molecule has 2 heterocycles. The number of likely N-dealkylation sites (N-methyl/N-ethyl adjacent to an activating group) is 1. The lowest BCUT2D eigenvalue weighted by molar-refractivity contribution is -0.133. The van der Waals surface area contributed by atoms with Crippen LogP contribution in [0.1, 0.15) is 50.4 Å². The minimum atomic E-state index is -0.531. The van der Waals surface area contributed by atoms with Gasteiger partial charge in [0.05, 0.1) is 12.0 Å². The number of ether oxygens (including phenoxy) is 2. The van der Waals surface area contributed by atoms with Crippen molar-refractivity contribution in [2.24, 2.45) is 0 Å². The molecule has 0 radical (unpaired) electrons. The molecule has 1 spiro atoms. The smallest absolute Gasteiger partial charge is 0.260 e. The summed E-state index contributed by atoms with van der Waals surface area (Å²) in [6, 6.07) is 5.12. The number of ketones is 1. The molecule has 1 saturated heterocycles. The van der Waals surface area contributed by atoms with Crippen LogP contribution in [0.15, 0.2) is 18.2 Å². The van der Waals surface area contributed by atoms with Gasteiger partial charge in [0.25, 0.3) is 5.91 Å². The van der Waals surface area contributed by atoms with E-state index >= 15 is 0 Å². The number of amides is 2. The molecule has 0 aliphatic carbocycles. The highest BCUT2D eigenvalue weighted by Gasteiger charge is 2.43. The molecule has 152 valence electrons. The molecule has 7 nitrogen and oxygen atoms in total. The van der Waals surface area contributed by atoms with Crippen LogP contribution in [0.2, 0.25) is 0 Å². The first kappa shape index (κ1) is 20.2. The van der Waals surface area contributed by atoms with Gasteiger partial charge < -0.3 is 19.3 Å². The summed E-state index contributed by atoms with van der Waals surface area (Å²) in [6.07, 6.45) is 1.59. The average Bonchev–Trinajstić information content (AvgIpc) is 2.68.